The van der Waals surface area contributed by atoms with Gasteiger partial charge in [0.1, 0.15) is 5.75 Å². The predicted molar refractivity (Wildman–Crippen MR) is 122 cm³/mol. The summed E-state index contributed by atoms with van der Waals surface area (Å²) >= 11 is 6.30. The third kappa shape index (κ3) is 5.79. The molecule has 2 amide bonds. The lowest BCUT2D eigenvalue weighted by Gasteiger charge is -2.21. The number of ether oxygens (including phenoxy) is 2. The first kappa shape index (κ1) is 23.6. The summed E-state index contributed by atoms with van der Waals surface area (Å²) < 4.78 is 10.5. The highest BCUT2D eigenvalue weighted by Gasteiger charge is 2.26. The lowest BCUT2D eigenvalue weighted by molar-refractivity contribution is -0.148. The van der Waals surface area contributed by atoms with Gasteiger partial charge in [0.2, 0.25) is 5.91 Å². The van der Waals surface area contributed by atoms with Gasteiger partial charge in [0.25, 0.3) is 5.91 Å². The smallest absolute Gasteiger partial charge is 0.308 e. The average Bonchev–Trinajstić information content (AvgIpc) is 3.18. The van der Waals surface area contributed by atoms with E-state index in [-0.39, 0.29) is 24.3 Å². The van der Waals surface area contributed by atoms with Gasteiger partial charge >= 0.3 is 5.97 Å². The summed E-state index contributed by atoms with van der Waals surface area (Å²) in [5, 5.41) is 3.32. The molecule has 1 N–H and O–H groups in total. The molecule has 170 valence electrons. The molecule has 0 radical (unpaired) electrons. The Morgan fingerprint density at radius 3 is 2.47 bits per heavy atom. The number of nitrogens with one attached hydrogen (secondary N) is 1. The van der Waals surface area contributed by atoms with E-state index in [0.717, 1.165) is 12.0 Å². The summed E-state index contributed by atoms with van der Waals surface area (Å²) in [4.78, 5) is 39.1. The first-order chi connectivity index (χ1) is 15.3. The monoisotopic (exact) mass is 458 g/mol. The predicted octanol–water partition coefficient (Wildman–Crippen LogP) is 4.29. The van der Waals surface area contributed by atoms with Crippen LogP contribution in [0.25, 0.3) is 0 Å². The number of esters is 1. The second-order valence-electron chi connectivity index (χ2n) is 7.86. The number of hydrogen-bond acceptors (Lipinski definition) is 5. The third-order valence-corrected chi connectivity index (χ3v) is 5.45. The lowest BCUT2D eigenvalue weighted by Crippen LogP contribution is -2.31. The van der Waals surface area contributed by atoms with Crippen LogP contribution >= 0.6 is 11.6 Å². The zero-order valence-electron chi connectivity index (χ0n) is 18.4. The van der Waals surface area contributed by atoms with Gasteiger partial charge in [-0.2, -0.15) is 0 Å². The van der Waals surface area contributed by atoms with Gasteiger partial charge in [0.15, 0.2) is 0 Å². The fourth-order valence-electron chi connectivity index (χ4n) is 3.57. The van der Waals surface area contributed by atoms with Gasteiger partial charge in [-0.3, -0.25) is 14.4 Å². The van der Waals surface area contributed by atoms with Crippen molar-refractivity contribution in [3.63, 3.8) is 0 Å². The maximum atomic E-state index is 13.1. The van der Waals surface area contributed by atoms with Crippen LogP contribution in [0.4, 0.5) is 5.69 Å². The van der Waals surface area contributed by atoms with Crippen molar-refractivity contribution in [3.05, 3.63) is 58.6 Å². The Hall–Kier alpha value is -3.06. The van der Waals surface area contributed by atoms with E-state index in [1.807, 2.05) is 0 Å². The van der Waals surface area contributed by atoms with Crippen molar-refractivity contribution in [1.82, 2.24) is 5.32 Å². The highest BCUT2D eigenvalue weighted by Crippen LogP contribution is 2.31. The lowest BCUT2D eigenvalue weighted by atomic mass is 10.0. The van der Waals surface area contributed by atoms with Crippen LogP contribution in [0.1, 0.15) is 55.1 Å². The molecule has 1 aliphatic rings. The zero-order valence-corrected chi connectivity index (χ0v) is 19.1. The van der Waals surface area contributed by atoms with Crippen molar-refractivity contribution in [2.24, 2.45) is 0 Å². The Labute approximate surface area is 192 Å². The van der Waals surface area contributed by atoms with E-state index in [1.54, 1.807) is 68.3 Å². The first-order valence-electron chi connectivity index (χ1n) is 10.5. The first-order valence-corrected chi connectivity index (χ1v) is 10.9. The number of carbonyl (C=O) groups excluding carboxylic acids is 3. The number of hydrogen-bond donors (Lipinski definition) is 1. The van der Waals surface area contributed by atoms with Crippen molar-refractivity contribution in [3.8, 4) is 5.75 Å². The van der Waals surface area contributed by atoms with Gasteiger partial charge in [-0.1, -0.05) is 23.7 Å². The van der Waals surface area contributed by atoms with Gasteiger partial charge in [-0.25, -0.2) is 0 Å². The minimum absolute atomic E-state index is 0.0167. The quantitative estimate of drug-likeness (QED) is 0.596. The Bertz CT molecular complexity index is 990. The van der Waals surface area contributed by atoms with Gasteiger partial charge < -0.3 is 19.7 Å². The van der Waals surface area contributed by atoms with Crippen LogP contribution in [0.3, 0.4) is 0 Å². The minimum atomic E-state index is -0.604. The number of halogens is 1. The number of carbonyl (C=O) groups is 3. The van der Waals surface area contributed by atoms with Gasteiger partial charge in [0, 0.05) is 18.5 Å². The summed E-state index contributed by atoms with van der Waals surface area (Å²) in [7, 11) is 1.57. The van der Waals surface area contributed by atoms with Crippen molar-refractivity contribution >= 4 is 35.1 Å². The molecule has 7 nitrogen and oxygen atoms in total. The van der Waals surface area contributed by atoms with Crippen LogP contribution in [-0.2, 0) is 14.3 Å². The van der Waals surface area contributed by atoms with E-state index in [2.05, 4.69) is 5.32 Å². The summed E-state index contributed by atoms with van der Waals surface area (Å²) in [5.74, 6) is -0.147. The molecular weight excluding hydrogens is 432 g/mol. The largest absolute Gasteiger partial charge is 0.497 e. The fourth-order valence-corrected chi connectivity index (χ4v) is 3.79. The van der Waals surface area contributed by atoms with Crippen molar-refractivity contribution < 1.29 is 23.9 Å². The van der Waals surface area contributed by atoms with Gasteiger partial charge in [-0.05, 0) is 56.2 Å². The molecule has 1 fully saturated rings. The summed E-state index contributed by atoms with van der Waals surface area (Å²) in [6.45, 7) is 4.11. The van der Waals surface area contributed by atoms with Crippen molar-refractivity contribution in [2.45, 2.75) is 45.3 Å². The number of methoxy groups -OCH3 is 1. The fraction of sp³-hybridized carbons (Fsp3) is 0.375. The van der Waals surface area contributed by atoms with Crippen LogP contribution in [0.15, 0.2) is 42.5 Å². The Morgan fingerprint density at radius 1 is 1.16 bits per heavy atom. The standard InChI is InChI=1S/C24H27ClN2O5/c1-15(2)32-23(29)14-20(16-6-9-18(31-3)10-7-16)26-24(30)17-8-11-19(25)21(13-17)27-12-4-5-22(27)28/h6-11,13,15,20H,4-5,12,14H2,1-3H3,(H,26,30)/t20-/m0/s1. The number of anilines is 1. The number of amides is 2. The van der Waals surface area contributed by atoms with E-state index in [1.165, 1.54) is 0 Å². The van der Waals surface area contributed by atoms with E-state index >= 15 is 0 Å². The molecule has 0 aromatic heterocycles. The van der Waals surface area contributed by atoms with Gasteiger partial charge in [0.05, 0.1) is 36.4 Å². The molecule has 3 rings (SSSR count). The molecule has 0 unspecified atom stereocenters. The van der Waals surface area contributed by atoms with E-state index in [4.69, 9.17) is 21.1 Å². The summed E-state index contributed by atoms with van der Waals surface area (Å²) in [5.41, 5.74) is 1.60. The summed E-state index contributed by atoms with van der Waals surface area (Å²) in [6, 6.07) is 11.3. The topological polar surface area (TPSA) is 84.9 Å². The maximum Gasteiger partial charge on any atom is 0.308 e. The number of rotatable bonds is 8. The van der Waals surface area contributed by atoms with Crippen LogP contribution in [0.5, 0.6) is 5.75 Å². The summed E-state index contributed by atoms with van der Waals surface area (Å²) in [6.07, 6.45) is 0.931. The molecule has 8 heteroatoms. The molecule has 1 heterocycles. The molecule has 1 saturated heterocycles. The molecule has 1 aliphatic heterocycles. The van der Waals surface area contributed by atoms with Crippen molar-refractivity contribution in [1.29, 1.82) is 0 Å². The number of nitrogens with zero attached hydrogens (tertiary/aromatic N) is 1. The maximum absolute atomic E-state index is 13.1. The third-order valence-electron chi connectivity index (χ3n) is 5.13. The molecule has 0 spiro atoms. The Morgan fingerprint density at radius 2 is 1.88 bits per heavy atom. The second-order valence-corrected chi connectivity index (χ2v) is 8.26. The molecule has 0 saturated carbocycles. The SMILES string of the molecule is COc1ccc([C@H](CC(=O)OC(C)C)NC(=O)c2ccc(Cl)c(N3CCCC3=O)c2)cc1. The van der Waals surface area contributed by atoms with Crippen molar-refractivity contribution in [2.75, 3.05) is 18.6 Å². The molecule has 0 aliphatic carbocycles. The van der Waals surface area contributed by atoms with Crippen LogP contribution in [-0.4, -0.2) is 37.5 Å². The van der Waals surface area contributed by atoms with Crippen LogP contribution in [0, 0.1) is 0 Å². The number of benzene rings is 2. The molecular formula is C24H27ClN2O5. The molecule has 32 heavy (non-hydrogen) atoms. The Balaban J connectivity index is 1.83. The molecule has 2 aromatic carbocycles. The van der Waals surface area contributed by atoms with E-state index in [9.17, 15) is 14.4 Å². The molecule has 0 bridgehead atoms. The average molecular weight is 459 g/mol. The molecule has 1 atom stereocenters. The van der Waals surface area contributed by atoms with Crippen LogP contribution < -0.4 is 15.0 Å². The highest BCUT2D eigenvalue weighted by atomic mass is 35.5. The normalized spacial score (nSPS) is 14.4. The second kappa shape index (κ2) is 10.5. The van der Waals surface area contributed by atoms with Crippen LogP contribution in [0.2, 0.25) is 5.02 Å². The zero-order chi connectivity index (χ0) is 23.3. The van der Waals surface area contributed by atoms with E-state index < -0.39 is 12.0 Å². The highest BCUT2D eigenvalue weighted by molar-refractivity contribution is 6.34. The molecule has 2 aromatic rings. The Kier molecular flexibility index (Phi) is 7.75. The van der Waals surface area contributed by atoms with E-state index in [0.29, 0.717) is 35.0 Å². The minimum Gasteiger partial charge on any atom is -0.497 e. The van der Waals surface area contributed by atoms with Gasteiger partial charge in [-0.15, -0.1) is 0 Å².